The lowest BCUT2D eigenvalue weighted by atomic mass is 10.3. The number of allylic oxidation sites excluding steroid dienone is 3. The summed E-state index contributed by atoms with van der Waals surface area (Å²) in [6.45, 7) is 4.08. The largest absolute Gasteiger partial charge is 0.365 e. The van der Waals surface area contributed by atoms with Gasteiger partial charge < -0.3 is 4.74 Å². The second kappa shape index (κ2) is 2.83. The van der Waals surface area contributed by atoms with Gasteiger partial charge >= 0.3 is 0 Å². The van der Waals surface area contributed by atoms with Gasteiger partial charge in [-0.2, -0.15) is 0 Å². The maximum absolute atomic E-state index is 5.14. The van der Waals surface area contributed by atoms with Crippen LogP contribution in [-0.2, 0) is 4.74 Å². The van der Waals surface area contributed by atoms with E-state index in [2.05, 4.69) is 13.0 Å². The molecule has 0 bridgehead atoms. The zero-order valence-electron chi connectivity index (χ0n) is 5.87. The molecule has 50 valence electrons. The summed E-state index contributed by atoms with van der Waals surface area (Å²) in [5, 5.41) is 0. The Morgan fingerprint density at radius 1 is 1.33 bits per heavy atom. The summed E-state index contributed by atoms with van der Waals surface area (Å²) in [6, 6.07) is 0. The maximum atomic E-state index is 5.14. The molecule has 2 atom stereocenters. The Kier molecular flexibility index (Phi) is 2.06. The van der Waals surface area contributed by atoms with Gasteiger partial charge in [-0.3, -0.25) is 0 Å². The van der Waals surface area contributed by atoms with Gasteiger partial charge in [0.15, 0.2) is 0 Å². The molecule has 0 aliphatic carbocycles. The topological polar surface area (TPSA) is 12.5 Å². The molecule has 0 aromatic carbocycles. The molecule has 1 fully saturated rings. The smallest absolute Gasteiger partial charge is 0.102 e. The van der Waals surface area contributed by atoms with Gasteiger partial charge in [0.05, 0.1) is 6.10 Å². The average molecular weight is 124 g/mol. The highest BCUT2D eigenvalue weighted by Gasteiger charge is 2.30. The Bertz CT molecular complexity index is 136. The van der Waals surface area contributed by atoms with E-state index in [0.717, 1.165) is 0 Å². The van der Waals surface area contributed by atoms with Crippen molar-refractivity contribution >= 4 is 0 Å². The van der Waals surface area contributed by atoms with E-state index in [1.54, 1.807) is 0 Å². The highest BCUT2D eigenvalue weighted by atomic mass is 16.6. The molecular weight excluding hydrogens is 112 g/mol. The third-order valence-electron chi connectivity index (χ3n) is 1.36. The lowest BCUT2D eigenvalue weighted by Crippen LogP contribution is -1.79. The Labute approximate surface area is 56.0 Å². The Morgan fingerprint density at radius 2 is 2.00 bits per heavy atom. The molecule has 0 spiro atoms. The normalized spacial score (nSPS) is 34.4. The van der Waals surface area contributed by atoms with Crippen LogP contribution in [0.4, 0.5) is 0 Å². The molecule has 9 heavy (non-hydrogen) atoms. The van der Waals surface area contributed by atoms with Crippen LogP contribution >= 0.6 is 0 Å². The van der Waals surface area contributed by atoms with Crippen LogP contribution in [0.5, 0.6) is 0 Å². The van der Waals surface area contributed by atoms with Gasteiger partial charge in [0, 0.05) is 0 Å². The highest BCUT2D eigenvalue weighted by Crippen LogP contribution is 2.21. The first-order chi connectivity index (χ1) is 4.34. The molecule has 0 aromatic rings. The van der Waals surface area contributed by atoms with E-state index in [9.17, 15) is 0 Å². The van der Waals surface area contributed by atoms with Gasteiger partial charge in [-0.05, 0) is 13.8 Å². The summed E-state index contributed by atoms with van der Waals surface area (Å²) < 4.78 is 5.14. The van der Waals surface area contributed by atoms with Crippen LogP contribution in [0.2, 0.25) is 0 Å². The monoisotopic (exact) mass is 124 g/mol. The van der Waals surface area contributed by atoms with Crippen molar-refractivity contribution in [3.05, 3.63) is 24.3 Å². The zero-order chi connectivity index (χ0) is 6.69. The molecule has 0 aromatic heterocycles. The SMILES string of the molecule is CC=CC=CC1OC1C. The molecule has 0 N–H and O–H groups in total. The van der Waals surface area contributed by atoms with Crippen molar-refractivity contribution in [1.82, 2.24) is 0 Å². The van der Waals surface area contributed by atoms with Crippen molar-refractivity contribution in [2.45, 2.75) is 26.1 Å². The molecule has 1 nitrogen and oxygen atoms in total. The number of ether oxygens (including phenoxy) is 1. The molecule has 0 amide bonds. The van der Waals surface area contributed by atoms with Crippen molar-refractivity contribution in [3.8, 4) is 0 Å². The van der Waals surface area contributed by atoms with Crippen LogP contribution < -0.4 is 0 Å². The van der Waals surface area contributed by atoms with E-state index in [1.165, 1.54) is 0 Å². The van der Waals surface area contributed by atoms with Crippen molar-refractivity contribution in [3.63, 3.8) is 0 Å². The first-order valence-corrected chi connectivity index (χ1v) is 3.29. The van der Waals surface area contributed by atoms with Crippen LogP contribution in [0.1, 0.15) is 13.8 Å². The molecule has 1 heterocycles. The molecule has 1 aliphatic rings. The van der Waals surface area contributed by atoms with E-state index >= 15 is 0 Å². The fourth-order valence-electron chi connectivity index (χ4n) is 0.689. The quantitative estimate of drug-likeness (QED) is 0.404. The summed E-state index contributed by atoms with van der Waals surface area (Å²) in [6.07, 6.45) is 8.95. The second-order valence-electron chi connectivity index (χ2n) is 2.22. The fourth-order valence-corrected chi connectivity index (χ4v) is 0.689. The van der Waals surface area contributed by atoms with Crippen molar-refractivity contribution in [2.75, 3.05) is 0 Å². The Morgan fingerprint density at radius 3 is 2.44 bits per heavy atom. The predicted octanol–water partition coefficient (Wildman–Crippen LogP) is 1.91. The van der Waals surface area contributed by atoms with E-state index in [4.69, 9.17) is 4.74 Å². The van der Waals surface area contributed by atoms with Crippen LogP contribution in [-0.4, -0.2) is 12.2 Å². The Balaban J connectivity index is 2.18. The van der Waals surface area contributed by atoms with Crippen LogP contribution in [0.25, 0.3) is 0 Å². The minimum absolute atomic E-state index is 0.390. The lowest BCUT2D eigenvalue weighted by molar-refractivity contribution is 0.400. The van der Waals surface area contributed by atoms with Gasteiger partial charge in [0.1, 0.15) is 6.10 Å². The van der Waals surface area contributed by atoms with E-state index < -0.39 is 0 Å². The summed E-state index contributed by atoms with van der Waals surface area (Å²) in [5.74, 6) is 0. The van der Waals surface area contributed by atoms with Gasteiger partial charge in [-0.1, -0.05) is 24.3 Å². The van der Waals surface area contributed by atoms with Crippen molar-refractivity contribution in [1.29, 1.82) is 0 Å². The summed E-state index contributed by atoms with van der Waals surface area (Å²) in [4.78, 5) is 0. The highest BCUT2D eigenvalue weighted by molar-refractivity contribution is 5.08. The van der Waals surface area contributed by atoms with Crippen molar-refractivity contribution < 1.29 is 4.74 Å². The zero-order valence-corrected chi connectivity index (χ0v) is 5.87. The van der Waals surface area contributed by atoms with Gasteiger partial charge in [0.25, 0.3) is 0 Å². The first-order valence-electron chi connectivity index (χ1n) is 3.29. The first kappa shape index (κ1) is 6.56. The minimum Gasteiger partial charge on any atom is -0.365 e. The second-order valence-corrected chi connectivity index (χ2v) is 2.22. The Hall–Kier alpha value is -0.560. The number of epoxide rings is 1. The standard InChI is InChI=1S/C8H12O/c1-3-4-5-6-8-7(2)9-8/h3-8H,1-2H3. The van der Waals surface area contributed by atoms with Crippen LogP contribution in [0.15, 0.2) is 24.3 Å². The van der Waals surface area contributed by atoms with Crippen LogP contribution in [0.3, 0.4) is 0 Å². The molecule has 2 unspecified atom stereocenters. The number of rotatable bonds is 2. The van der Waals surface area contributed by atoms with E-state index in [-0.39, 0.29) is 0 Å². The fraction of sp³-hybridized carbons (Fsp3) is 0.500. The van der Waals surface area contributed by atoms with Crippen LogP contribution in [0, 0.1) is 0 Å². The molecule has 1 rings (SSSR count). The minimum atomic E-state index is 0.390. The molecular formula is C8H12O. The molecule has 1 heteroatoms. The number of hydrogen-bond donors (Lipinski definition) is 0. The summed E-state index contributed by atoms with van der Waals surface area (Å²) in [5.41, 5.74) is 0. The summed E-state index contributed by atoms with van der Waals surface area (Å²) in [7, 11) is 0. The van der Waals surface area contributed by atoms with Gasteiger partial charge in [0.2, 0.25) is 0 Å². The van der Waals surface area contributed by atoms with Gasteiger partial charge in [-0.15, -0.1) is 0 Å². The van der Waals surface area contributed by atoms with E-state index in [0.29, 0.717) is 12.2 Å². The average Bonchev–Trinajstić information content (AvgIpc) is 2.48. The summed E-state index contributed by atoms with van der Waals surface area (Å²) >= 11 is 0. The third-order valence-corrected chi connectivity index (χ3v) is 1.36. The maximum Gasteiger partial charge on any atom is 0.102 e. The third kappa shape index (κ3) is 2.02. The molecule has 1 aliphatic heterocycles. The lowest BCUT2D eigenvalue weighted by Gasteiger charge is -1.72. The number of hydrogen-bond acceptors (Lipinski definition) is 1. The molecule has 0 saturated carbocycles. The van der Waals surface area contributed by atoms with Crippen molar-refractivity contribution in [2.24, 2.45) is 0 Å². The van der Waals surface area contributed by atoms with Gasteiger partial charge in [-0.25, -0.2) is 0 Å². The molecule has 1 saturated heterocycles. The molecule has 0 radical (unpaired) electrons. The van der Waals surface area contributed by atoms with E-state index in [1.807, 2.05) is 25.2 Å². The predicted molar refractivity (Wildman–Crippen MR) is 38.3 cm³/mol.